The molecule has 4 heterocycles. The van der Waals surface area contributed by atoms with Gasteiger partial charge in [-0.3, -0.25) is 29.0 Å². The van der Waals surface area contributed by atoms with Gasteiger partial charge in [-0.1, -0.05) is 31.4 Å². The Bertz CT molecular complexity index is 2360. The van der Waals surface area contributed by atoms with Crippen LogP contribution in [-0.4, -0.2) is 239 Å². The largest absolute Gasteiger partial charge is 0.377 e. The van der Waals surface area contributed by atoms with Crippen LogP contribution < -0.4 is 31.9 Å². The number of aromatic nitrogens is 1. The van der Waals surface area contributed by atoms with Crippen LogP contribution in [0.2, 0.25) is 0 Å². The molecule has 3 saturated heterocycles. The van der Waals surface area contributed by atoms with Crippen molar-refractivity contribution in [3.8, 4) is 0 Å². The van der Waals surface area contributed by atoms with Gasteiger partial charge in [0.1, 0.15) is 0 Å². The number of rotatable bonds is 49. The minimum Gasteiger partial charge on any atom is -0.377 e. The first kappa shape index (κ1) is 70.9. The zero-order valence-electron chi connectivity index (χ0n) is 49.7. The number of urea groups is 1. The van der Waals surface area contributed by atoms with Crippen LogP contribution in [0.5, 0.6) is 0 Å². The number of unbranched alkanes of at least 4 members (excludes halogenated alkanes) is 5. The molecular weight excluding hydrogens is 1140 g/mol. The number of pyridine rings is 1. The van der Waals surface area contributed by atoms with Gasteiger partial charge in [0.15, 0.2) is 0 Å². The first-order chi connectivity index (χ1) is 41.5. The van der Waals surface area contributed by atoms with Gasteiger partial charge in [-0.25, -0.2) is 13.2 Å². The zero-order valence-corrected chi connectivity index (χ0v) is 51.3. The Morgan fingerprint density at radius 3 is 1.58 bits per heavy atom. The van der Waals surface area contributed by atoms with Crippen molar-refractivity contribution in [1.82, 2.24) is 46.1 Å². The van der Waals surface area contributed by atoms with Crippen LogP contribution in [0.4, 0.5) is 4.79 Å². The Hall–Kier alpha value is -4.81. The van der Waals surface area contributed by atoms with Crippen molar-refractivity contribution in [3.63, 3.8) is 0 Å². The molecule has 3 aliphatic rings. The van der Waals surface area contributed by atoms with Gasteiger partial charge < -0.3 is 74.7 Å². The Kier molecular flexibility index (Phi) is 36.5. The van der Waals surface area contributed by atoms with Gasteiger partial charge in [-0.15, -0.1) is 0 Å². The highest BCUT2D eigenvalue weighted by Gasteiger charge is 2.42. The quantitative estimate of drug-likeness (QED) is 0.0410. The highest BCUT2D eigenvalue weighted by Crippen LogP contribution is 2.33. The number of amides is 7. The smallest absolute Gasteiger partial charge is 0.315 e. The summed E-state index contributed by atoms with van der Waals surface area (Å²) >= 11 is 1.90. The monoisotopic (exact) mass is 1240 g/mol. The number of carbonyl (C=O) groups is 6. The van der Waals surface area contributed by atoms with E-state index in [1.807, 2.05) is 17.8 Å². The molecule has 5 rings (SSSR count). The molecule has 2 aromatic rings. The second kappa shape index (κ2) is 43.8. The van der Waals surface area contributed by atoms with E-state index < -0.39 is 10.0 Å². The normalized spacial score (nSPS) is 17.1. The van der Waals surface area contributed by atoms with Crippen molar-refractivity contribution in [1.29, 1.82) is 0 Å². The fraction of sp³-hybridized carbons (Fsp3) is 0.741. The average molecular weight is 1240 g/mol. The van der Waals surface area contributed by atoms with Gasteiger partial charge in [0.25, 0.3) is 0 Å². The molecular formula is C58H95N9O16S2. The summed E-state index contributed by atoms with van der Waals surface area (Å²) in [6.45, 7) is 9.67. The van der Waals surface area contributed by atoms with Crippen LogP contribution in [-0.2, 0) is 71.9 Å². The van der Waals surface area contributed by atoms with Crippen molar-refractivity contribution in [2.24, 2.45) is 0 Å². The van der Waals surface area contributed by atoms with E-state index in [9.17, 15) is 37.2 Å². The summed E-state index contributed by atoms with van der Waals surface area (Å²) in [7, 11) is -3.78. The SMILES string of the molecule is O=C(CCCCCNC(=O)CCCC[C@@H]1SC[C@@H]2NC(=O)N[C@@H]21)NCCCCCC(=O)NCCOCCOCCOCCOCCOCCOCCOCCOCCNC(=O)CCC(=O)N1CCCN(S(=O)(=O)c2cccc3cnccc23)CC1. The predicted octanol–water partition coefficient (Wildman–Crippen LogP) is 2.68. The van der Waals surface area contributed by atoms with Gasteiger partial charge in [-0.05, 0) is 57.1 Å². The lowest BCUT2D eigenvalue weighted by Gasteiger charge is -2.22. The summed E-state index contributed by atoms with van der Waals surface area (Å²) in [5.41, 5.74) is 0. The molecule has 1 aromatic carbocycles. The molecule has 3 aliphatic heterocycles. The van der Waals surface area contributed by atoms with Gasteiger partial charge in [0, 0.05) is 119 Å². The highest BCUT2D eigenvalue weighted by molar-refractivity contribution is 8.00. The van der Waals surface area contributed by atoms with Crippen LogP contribution in [0.3, 0.4) is 0 Å². The molecule has 0 bridgehead atoms. The van der Waals surface area contributed by atoms with Crippen molar-refractivity contribution in [2.75, 3.05) is 164 Å². The molecule has 0 spiro atoms. The summed E-state index contributed by atoms with van der Waals surface area (Å²) < 4.78 is 72.7. The summed E-state index contributed by atoms with van der Waals surface area (Å²) in [6.07, 6.45) is 12.9. The zero-order chi connectivity index (χ0) is 60.4. The Morgan fingerprint density at radius 2 is 1.04 bits per heavy atom. The lowest BCUT2D eigenvalue weighted by Crippen LogP contribution is -2.38. The first-order valence-electron chi connectivity index (χ1n) is 30.5. The molecule has 0 unspecified atom stereocenters. The van der Waals surface area contributed by atoms with E-state index >= 15 is 0 Å². The number of nitrogens with zero attached hydrogens (tertiary/aromatic N) is 3. The molecule has 480 valence electrons. The number of nitrogens with one attached hydrogen (secondary N) is 6. The molecule has 0 radical (unpaired) electrons. The summed E-state index contributed by atoms with van der Waals surface area (Å²) in [4.78, 5) is 79.3. The summed E-state index contributed by atoms with van der Waals surface area (Å²) in [5.74, 6) is 0.593. The second-order valence-electron chi connectivity index (χ2n) is 20.8. The Morgan fingerprint density at radius 1 is 0.541 bits per heavy atom. The molecule has 1 aromatic heterocycles. The van der Waals surface area contributed by atoms with Gasteiger partial charge in [0.05, 0.1) is 123 Å². The van der Waals surface area contributed by atoms with Crippen molar-refractivity contribution >= 4 is 68.1 Å². The van der Waals surface area contributed by atoms with Gasteiger partial charge in [0.2, 0.25) is 39.6 Å². The van der Waals surface area contributed by atoms with E-state index in [4.69, 9.17) is 37.9 Å². The summed E-state index contributed by atoms with van der Waals surface area (Å²) in [6, 6.07) is 7.18. The average Bonchev–Trinajstić information content (AvgIpc) is 4.10. The lowest BCUT2D eigenvalue weighted by atomic mass is 10.0. The summed E-state index contributed by atoms with van der Waals surface area (Å²) in [5, 5.41) is 19.3. The van der Waals surface area contributed by atoms with E-state index in [0.717, 1.165) is 68.9 Å². The molecule has 3 fully saturated rings. The molecule has 3 atom stereocenters. The van der Waals surface area contributed by atoms with Crippen LogP contribution in [0, 0.1) is 0 Å². The third-order valence-electron chi connectivity index (χ3n) is 14.3. The van der Waals surface area contributed by atoms with Crippen LogP contribution >= 0.6 is 11.8 Å². The van der Waals surface area contributed by atoms with Crippen molar-refractivity contribution in [3.05, 3.63) is 36.7 Å². The maximum absolute atomic E-state index is 13.6. The topological polar surface area (TPSA) is 302 Å². The molecule has 6 N–H and O–H groups in total. The minimum atomic E-state index is -3.78. The predicted molar refractivity (Wildman–Crippen MR) is 320 cm³/mol. The highest BCUT2D eigenvalue weighted by atomic mass is 32.2. The van der Waals surface area contributed by atoms with Gasteiger partial charge in [-0.2, -0.15) is 16.1 Å². The van der Waals surface area contributed by atoms with Crippen molar-refractivity contribution in [2.45, 2.75) is 119 Å². The number of hydrogen-bond acceptors (Lipinski definition) is 18. The third kappa shape index (κ3) is 30.1. The number of hydrogen-bond donors (Lipinski definition) is 6. The second-order valence-corrected chi connectivity index (χ2v) is 24.0. The van der Waals surface area contributed by atoms with E-state index in [1.54, 1.807) is 35.5 Å². The maximum atomic E-state index is 13.6. The lowest BCUT2D eigenvalue weighted by molar-refractivity contribution is -0.133. The van der Waals surface area contributed by atoms with E-state index in [2.05, 4.69) is 36.9 Å². The number of fused-ring (bicyclic) bond motifs is 2. The third-order valence-corrected chi connectivity index (χ3v) is 17.7. The number of benzene rings is 1. The van der Waals surface area contributed by atoms with E-state index in [1.165, 1.54) is 4.31 Å². The Balaban J connectivity index is 0.662. The molecule has 0 saturated carbocycles. The number of ether oxygens (including phenoxy) is 8. The molecule has 85 heavy (non-hydrogen) atoms. The number of thioether (sulfide) groups is 1. The van der Waals surface area contributed by atoms with Crippen LogP contribution in [0.25, 0.3) is 10.8 Å². The van der Waals surface area contributed by atoms with E-state index in [0.29, 0.717) is 181 Å². The molecule has 27 heteroatoms. The first-order valence-corrected chi connectivity index (χ1v) is 33.0. The van der Waals surface area contributed by atoms with Gasteiger partial charge >= 0.3 is 6.03 Å². The maximum Gasteiger partial charge on any atom is 0.315 e. The molecule has 25 nitrogen and oxygen atoms in total. The standard InChI is InChI=1S/C58H95N9O16S2/c68-52(14-3-1-7-21-61-53(69)16-6-5-12-50-57-49(46-84-50)64-58(73)65-57)60-20-8-2-4-15-54(70)62-23-29-76-31-33-78-35-37-80-39-41-82-43-44-83-42-40-81-38-36-79-34-32-77-30-24-63-55(71)17-18-56(72)66-25-10-26-67(28-27-66)85(74,75)51-13-9-11-47-45-59-22-19-48(47)51/h9,11,13,19,22,45,49-50,57H,1-8,10,12,14-18,20-21,23-44,46H2,(H,60,68)(H,61,69)(H,62,70)(H,63,71)(H2,64,65,73)/t49-,50-,57-/m0/s1. The number of sulfonamides is 1. The number of carbonyl (C=O) groups excluding carboxylic acids is 6. The Labute approximate surface area is 506 Å². The van der Waals surface area contributed by atoms with E-state index in [-0.39, 0.29) is 78.5 Å². The van der Waals surface area contributed by atoms with Crippen LogP contribution in [0.1, 0.15) is 96.3 Å². The van der Waals surface area contributed by atoms with Crippen molar-refractivity contribution < 1.29 is 75.1 Å². The fourth-order valence-corrected chi connectivity index (χ4v) is 12.9. The van der Waals surface area contributed by atoms with Crippen LogP contribution in [0.15, 0.2) is 41.6 Å². The fourth-order valence-electron chi connectivity index (χ4n) is 9.64. The minimum absolute atomic E-state index is 0.0177. The molecule has 0 aliphatic carbocycles. The molecule has 7 amide bonds.